The van der Waals surface area contributed by atoms with E-state index >= 15 is 0 Å². The van der Waals surface area contributed by atoms with Crippen LogP contribution >= 0.6 is 0 Å². The first-order valence-corrected chi connectivity index (χ1v) is 23.3. The van der Waals surface area contributed by atoms with E-state index in [0.29, 0.717) is 19.3 Å². The van der Waals surface area contributed by atoms with Gasteiger partial charge < -0.3 is 14.2 Å². The molecule has 0 radical (unpaired) electrons. The second-order valence-corrected chi connectivity index (χ2v) is 15.7. The maximum Gasteiger partial charge on any atom is 0.306 e. The molecule has 316 valence electrons. The van der Waals surface area contributed by atoms with E-state index in [0.717, 1.165) is 77.0 Å². The van der Waals surface area contributed by atoms with Gasteiger partial charge in [-0.3, -0.25) is 14.4 Å². The molecule has 0 aliphatic carbocycles. The predicted molar refractivity (Wildman–Crippen MR) is 229 cm³/mol. The third kappa shape index (κ3) is 41.1. The molecule has 6 heteroatoms. The monoisotopic (exact) mass is 761 g/mol. The van der Waals surface area contributed by atoms with Gasteiger partial charge in [0.1, 0.15) is 13.2 Å². The maximum atomic E-state index is 12.7. The standard InChI is InChI=1S/C48H88O6/c1-4-7-10-13-16-19-21-23-25-26-29-32-35-38-41-47(50)53-44-45(43-52-46(49)40-37-34-31-28-18-15-12-9-6-3)54-48(51)42-39-36-33-30-27-24-22-20-17-14-11-8-5-2/h13,16,21,23,45H,4-12,14-15,17-20,22,24-44H2,1-3H3/b16-13-,23-21-. The van der Waals surface area contributed by atoms with Gasteiger partial charge in [0, 0.05) is 19.3 Å². The van der Waals surface area contributed by atoms with E-state index in [4.69, 9.17) is 14.2 Å². The number of unbranched alkanes of at least 4 members (excludes halogenated alkanes) is 27. The first-order valence-electron chi connectivity index (χ1n) is 23.3. The minimum absolute atomic E-state index is 0.0719. The Hall–Kier alpha value is -2.11. The molecule has 0 aliphatic rings. The zero-order chi connectivity index (χ0) is 39.4. The smallest absolute Gasteiger partial charge is 0.306 e. The van der Waals surface area contributed by atoms with E-state index in [1.807, 2.05) is 0 Å². The lowest BCUT2D eigenvalue weighted by Crippen LogP contribution is -2.30. The molecule has 1 unspecified atom stereocenters. The Bertz CT molecular complexity index is 880. The lowest BCUT2D eigenvalue weighted by Gasteiger charge is -2.18. The fourth-order valence-corrected chi connectivity index (χ4v) is 6.63. The Morgan fingerprint density at radius 3 is 1.07 bits per heavy atom. The van der Waals surface area contributed by atoms with E-state index in [2.05, 4.69) is 45.1 Å². The van der Waals surface area contributed by atoms with Crippen molar-refractivity contribution in [2.24, 2.45) is 0 Å². The van der Waals surface area contributed by atoms with E-state index in [1.165, 1.54) is 128 Å². The van der Waals surface area contributed by atoms with Crippen LogP contribution in [0, 0.1) is 0 Å². The summed E-state index contributed by atoms with van der Waals surface area (Å²) < 4.78 is 16.7. The Labute approximate surface area is 334 Å². The maximum absolute atomic E-state index is 12.7. The summed E-state index contributed by atoms with van der Waals surface area (Å²) in [5.41, 5.74) is 0. The van der Waals surface area contributed by atoms with Crippen LogP contribution in [-0.2, 0) is 28.6 Å². The predicted octanol–water partition coefficient (Wildman–Crippen LogP) is 14.8. The van der Waals surface area contributed by atoms with Crippen LogP contribution in [0.4, 0.5) is 0 Å². The number of carbonyl (C=O) groups is 3. The van der Waals surface area contributed by atoms with Crippen molar-refractivity contribution in [1.82, 2.24) is 0 Å². The average molecular weight is 761 g/mol. The summed E-state index contributed by atoms with van der Waals surface area (Å²) in [6, 6.07) is 0. The van der Waals surface area contributed by atoms with Crippen LogP contribution in [-0.4, -0.2) is 37.2 Å². The number of rotatable bonds is 42. The van der Waals surface area contributed by atoms with Crippen molar-refractivity contribution in [3.05, 3.63) is 24.3 Å². The average Bonchev–Trinajstić information content (AvgIpc) is 3.17. The minimum atomic E-state index is -0.768. The van der Waals surface area contributed by atoms with Crippen molar-refractivity contribution >= 4 is 17.9 Å². The largest absolute Gasteiger partial charge is 0.462 e. The van der Waals surface area contributed by atoms with Gasteiger partial charge in [0.2, 0.25) is 0 Å². The molecule has 6 nitrogen and oxygen atoms in total. The highest BCUT2D eigenvalue weighted by Crippen LogP contribution is 2.15. The Kier molecular flexibility index (Phi) is 41.9. The van der Waals surface area contributed by atoms with Gasteiger partial charge in [0.05, 0.1) is 0 Å². The molecule has 0 saturated carbocycles. The first kappa shape index (κ1) is 51.9. The Balaban J connectivity index is 4.35. The molecule has 0 amide bonds. The van der Waals surface area contributed by atoms with Crippen LogP contribution in [0.15, 0.2) is 24.3 Å². The van der Waals surface area contributed by atoms with Gasteiger partial charge in [-0.05, 0) is 44.9 Å². The van der Waals surface area contributed by atoms with Gasteiger partial charge in [-0.25, -0.2) is 0 Å². The first-order chi connectivity index (χ1) is 26.5. The molecule has 1 atom stereocenters. The van der Waals surface area contributed by atoms with Gasteiger partial charge >= 0.3 is 17.9 Å². The van der Waals surface area contributed by atoms with Crippen molar-refractivity contribution in [2.75, 3.05) is 13.2 Å². The van der Waals surface area contributed by atoms with Crippen molar-refractivity contribution in [3.8, 4) is 0 Å². The normalized spacial score (nSPS) is 12.1. The molecule has 0 bridgehead atoms. The molecule has 0 N–H and O–H groups in total. The summed E-state index contributed by atoms with van der Waals surface area (Å²) in [5, 5.41) is 0. The van der Waals surface area contributed by atoms with Crippen molar-refractivity contribution in [3.63, 3.8) is 0 Å². The zero-order valence-corrected chi connectivity index (χ0v) is 36.0. The van der Waals surface area contributed by atoms with Crippen LogP contribution < -0.4 is 0 Å². The topological polar surface area (TPSA) is 78.9 Å². The number of esters is 3. The van der Waals surface area contributed by atoms with Crippen LogP contribution in [0.1, 0.15) is 245 Å². The number of carbonyl (C=O) groups excluding carboxylic acids is 3. The summed E-state index contributed by atoms with van der Waals surface area (Å²) >= 11 is 0. The molecule has 0 fully saturated rings. The highest BCUT2D eigenvalue weighted by Gasteiger charge is 2.19. The third-order valence-electron chi connectivity index (χ3n) is 10.2. The zero-order valence-electron chi connectivity index (χ0n) is 36.0. The van der Waals surface area contributed by atoms with E-state index in [-0.39, 0.29) is 31.1 Å². The molecule has 0 rings (SSSR count). The molecule has 0 aromatic rings. The van der Waals surface area contributed by atoms with E-state index < -0.39 is 6.10 Å². The Morgan fingerprint density at radius 1 is 0.370 bits per heavy atom. The molecular formula is C48H88O6. The third-order valence-corrected chi connectivity index (χ3v) is 10.2. The van der Waals surface area contributed by atoms with Gasteiger partial charge in [-0.1, -0.05) is 206 Å². The fourth-order valence-electron chi connectivity index (χ4n) is 6.63. The summed E-state index contributed by atoms with van der Waals surface area (Å²) in [6.07, 6.45) is 47.3. The Morgan fingerprint density at radius 2 is 0.685 bits per heavy atom. The number of hydrogen-bond acceptors (Lipinski definition) is 6. The summed E-state index contributed by atoms with van der Waals surface area (Å²) in [6.45, 7) is 6.57. The number of hydrogen-bond donors (Lipinski definition) is 0. The van der Waals surface area contributed by atoms with Gasteiger partial charge in [-0.2, -0.15) is 0 Å². The minimum Gasteiger partial charge on any atom is -0.462 e. The molecule has 0 aromatic carbocycles. The summed E-state index contributed by atoms with van der Waals surface area (Å²) in [7, 11) is 0. The molecule has 0 saturated heterocycles. The van der Waals surface area contributed by atoms with Crippen molar-refractivity contribution < 1.29 is 28.6 Å². The molecular weight excluding hydrogens is 673 g/mol. The van der Waals surface area contributed by atoms with Crippen LogP contribution in [0.25, 0.3) is 0 Å². The van der Waals surface area contributed by atoms with Crippen LogP contribution in [0.5, 0.6) is 0 Å². The van der Waals surface area contributed by atoms with Crippen molar-refractivity contribution in [1.29, 1.82) is 0 Å². The van der Waals surface area contributed by atoms with Crippen molar-refractivity contribution in [2.45, 2.75) is 252 Å². The van der Waals surface area contributed by atoms with E-state index in [9.17, 15) is 14.4 Å². The molecule has 0 aromatic heterocycles. The molecule has 54 heavy (non-hydrogen) atoms. The summed E-state index contributed by atoms with van der Waals surface area (Å²) in [5.74, 6) is -0.882. The van der Waals surface area contributed by atoms with Crippen LogP contribution in [0.2, 0.25) is 0 Å². The lowest BCUT2D eigenvalue weighted by molar-refractivity contribution is -0.167. The number of ether oxygens (including phenoxy) is 3. The highest BCUT2D eigenvalue weighted by atomic mass is 16.6. The molecule has 0 heterocycles. The lowest BCUT2D eigenvalue weighted by atomic mass is 10.0. The fraction of sp³-hybridized carbons (Fsp3) is 0.854. The van der Waals surface area contributed by atoms with Gasteiger partial charge in [0.25, 0.3) is 0 Å². The SMILES string of the molecule is CCCC/C=C\C/C=C\CCCCCCCC(=O)OCC(COC(=O)CCCCCCCCCCC)OC(=O)CCCCCCCCCCCCCCC. The summed E-state index contributed by atoms with van der Waals surface area (Å²) in [4.78, 5) is 37.7. The molecule has 0 aliphatic heterocycles. The van der Waals surface area contributed by atoms with Gasteiger partial charge in [0.15, 0.2) is 6.10 Å². The molecule has 0 spiro atoms. The number of allylic oxidation sites excluding steroid dienone is 4. The highest BCUT2D eigenvalue weighted by molar-refractivity contribution is 5.71. The van der Waals surface area contributed by atoms with Crippen LogP contribution in [0.3, 0.4) is 0 Å². The second kappa shape index (κ2) is 43.6. The quantitative estimate of drug-likeness (QED) is 0.0267. The second-order valence-electron chi connectivity index (χ2n) is 15.7. The van der Waals surface area contributed by atoms with Gasteiger partial charge in [-0.15, -0.1) is 0 Å². The van der Waals surface area contributed by atoms with E-state index in [1.54, 1.807) is 0 Å².